The van der Waals surface area contributed by atoms with Gasteiger partial charge in [-0.1, -0.05) is 43.0 Å². The molecule has 4 rings (SSSR count). The van der Waals surface area contributed by atoms with E-state index in [4.69, 9.17) is 5.21 Å². The molecular weight excluding hydrogens is 365 g/mol. The fraction of sp³-hybridized carbons (Fsp3) is 0. The number of hydrogen-bond acceptors (Lipinski definition) is 4. The van der Waals surface area contributed by atoms with Crippen molar-refractivity contribution in [3.63, 3.8) is 0 Å². The number of nitrogens with zero attached hydrogens (tertiary/aromatic N) is 2. The number of hydrogen-bond donors (Lipinski definition) is 2. The van der Waals surface area contributed by atoms with Crippen LogP contribution >= 0.6 is 0 Å². The molecule has 0 atom stereocenters. The maximum absolute atomic E-state index is 14.4. The number of aromatic nitrogens is 2. The Kier molecular flexibility index (Phi) is 5.14. The third-order valence-corrected chi connectivity index (χ3v) is 4.69. The highest BCUT2D eigenvalue weighted by Crippen LogP contribution is 2.28. The Hall–Kier alpha value is -3.83. The molecule has 0 aliphatic heterocycles. The van der Waals surface area contributed by atoms with E-state index in [1.54, 1.807) is 36.5 Å². The van der Waals surface area contributed by atoms with Gasteiger partial charge in [-0.25, -0.2) is 9.37 Å². The number of allylic oxidation sites excluding steroid dienone is 1. The second kappa shape index (κ2) is 8.04. The monoisotopic (exact) mass is 383 g/mol. The van der Waals surface area contributed by atoms with Crippen LogP contribution in [0.2, 0.25) is 0 Å². The van der Waals surface area contributed by atoms with Crippen LogP contribution in [0.3, 0.4) is 0 Å². The van der Waals surface area contributed by atoms with E-state index in [0.717, 1.165) is 27.1 Å². The summed E-state index contributed by atoms with van der Waals surface area (Å²) in [4.78, 5) is 8.73. The Morgan fingerprint density at radius 3 is 2.66 bits per heavy atom. The van der Waals surface area contributed by atoms with Gasteiger partial charge in [0.15, 0.2) is 0 Å². The Balaban J connectivity index is 2.07. The molecule has 0 unspecified atom stereocenters. The van der Waals surface area contributed by atoms with E-state index < -0.39 is 0 Å². The molecule has 0 saturated heterocycles. The van der Waals surface area contributed by atoms with Gasteiger partial charge in [0, 0.05) is 34.8 Å². The largest absolute Gasteiger partial charge is 0.292 e. The molecule has 2 aromatic carbocycles. The molecule has 142 valence electrons. The third-order valence-electron chi connectivity index (χ3n) is 4.69. The van der Waals surface area contributed by atoms with Gasteiger partial charge in [0.1, 0.15) is 5.82 Å². The maximum Gasteiger partial charge on any atom is 0.132 e. The summed E-state index contributed by atoms with van der Waals surface area (Å²) in [5, 5.41) is 12.1. The molecule has 29 heavy (non-hydrogen) atoms. The predicted molar refractivity (Wildman–Crippen MR) is 114 cm³/mol. The van der Waals surface area contributed by atoms with Gasteiger partial charge in [-0.3, -0.25) is 15.7 Å². The van der Waals surface area contributed by atoms with Crippen LogP contribution in [-0.2, 0) is 0 Å². The molecule has 2 aromatic heterocycles. The molecule has 0 radical (unpaired) electrons. The number of rotatable bonds is 4. The standard InChI is InChI=1S/C24H18FN3O/c1-16-18(9-5-12-27-29)22(14-24(28-16)21-7-2-3-10-23(21)25)20-8-4-6-17-15-26-13-11-19(17)20/h2-15,27,29H,1H2/b12-5-,18-9+. The van der Waals surface area contributed by atoms with Crippen LogP contribution < -0.4 is 16.0 Å². The summed E-state index contributed by atoms with van der Waals surface area (Å²) in [7, 11) is 0. The van der Waals surface area contributed by atoms with Crippen LogP contribution in [0.25, 0.3) is 45.8 Å². The molecular formula is C24H18FN3O. The molecule has 4 aromatic rings. The molecule has 0 aliphatic rings. The summed E-state index contributed by atoms with van der Waals surface area (Å²) in [6.45, 7) is 4.09. The zero-order valence-electron chi connectivity index (χ0n) is 15.5. The van der Waals surface area contributed by atoms with Gasteiger partial charge < -0.3 is 0 Å². The fourth-order valence-corrected chi connectivity index (χ4v) is 3.37. The minimum Gasteiger partial charge on any atom is -0.292 e. The molecule has 2 N–H and O–H groups in total. The summed E-state index contributed by atoms with van der Waals surface area (Å²) < 4.78 is 14.4. The molecule has 0 bridgehead atoms. The number of hydroxylamine groups is 1. The van der Waals surface area contributed by atoms with Crippen molar-refractivity contribution < 1.29 is 9.60 Å². The molecule has 5 heteroatoms. The van der Waals surface area contributed by atoms with Gasteiger partial charge in [-0.2, -0.15) is 0 Å². The van der Waals surface area contributed by atoms with E-state index in [0.29, 0.717) is 16.6 Å². The van der Waals surface area contributed by atoms with Crippen LogP contribution in [-0.4, -0.2) is 15.2 Å². The third kappa shape index (κ3) is 3.63. The average molecular weight is 383 g/mol. The number of fused-ring (bicyclic) bond motifs is 1. The highest BCUT2D eigenvalue weighted by atomic mass is 19.1. The van der Waals surface area contributed by atoms with Gasteiger partial charge in [-0.05, 0) is 46.9 Å². The topological polar surface area (TPSA) is 58.0 Å². The van der Waals surface area contributed by atoms with Crippen molar-refractivity contribution in [3.8, 4) is 22.4 Å². The number of benzene rings is 2. The lowest BCUT2D eigenvalue weighted by atomic mass is 9.96. The molecule has 0 aliphatic carbocycles. The van der Waals surface area contributed by atoms with Crippen molar-refractivity contribution in [3.05, 3.63) is 95.7 Å². The Bertz CT molecular complexity index is 1330. The summed E-state index contributed by atoms with van der Waals surface area (Å²) in [5.41, 5.74) is 4.73. The van der Waals surface area contributed by atoms with Crippen LogP contribution in [0.1, 0.15) is 0 Å². The number of halogens is 1. The first-order chi connectivity index (χ1) is 14.2. The van der Waals surface area contributed by atoms with Crippen molar-refractivity contribution in [2.75, 3.05) is 0 Å². The first kappa shape index (κ1) is 18.5. The summed E-state index contributed by atoms with van der Waals surface area (Å²) in [5.74, 6) is -0.339. The molecule has 0 fully saturated rings. The second-order valence-electron chi connectivity index (χ2n) is 6.45. The average Bonchev–Trinajstić information content (AvgIpc) is 2.75. The van der Waals surface area contributed by atoms with Crippen molar-refractivity contribution in [1.29, 1.82) is 0 Å². The van der Waals surface area contributed by atoms with E-state index in [9.17, 15) is 4.39 Å². The fourth-order valence-electron chi connectivity index (χ4n) is 3.37. The highest BCUT2D eigenvalue weighted by molar-refractivity contribution is 5.96. The van der Waals surface area contributed by atoms with Crippen LogP contribution in [0, 0.1) is 5.82 Å². The van der Waals surface area contributed by atoms with Gasteiger partial charge in [-0.15, -0.1) is 0 Å². The number of pyridine rings is 2. The van der Waals surface area contributed by atoms with Crippen LogP contribution in [0.5, 0.6) is 0 Å². The molecule has 2 heterocycles. The Morgan fingerprint density at radius 1 is 1.00 bits per heavy atom. The molecule has 4 nitrogen and oxygen atoms in total. The summed E-state index contributed by atoms with van der Waals surface area (Å²) in [6.07, 6.45) is 8.40. The predicted octanol–water partition coefficient (Wildman–Crippen LogP) is 3.79. The van der Waals surface area contributed by atoms with Crippen LogP contribution in [0.15, 0.2) is 79.3 Å². The van der Waals surface area contributed by atoms with E-state index in [1.807, 2.05) is 42.0 Å². The Labute approximate surface area is 167 Å². The lowest BCUT2D eigenvalue weighted by Gasteiger charge is -2.11. The normalized spacial score (nSPS) is 12.0. The quantitative estimate of drug-likeness (QED) is 0.527. The number of nitrogens with one attached hydrogen (secondary N) is 1. The van der Waals surface area contributed by atoms with E-state index >= 15 is 0 Å². The summed E-state index contributed by atoms with van der Waals surface area (Å²) >= 11 is 0. The van der Waals surface area contributed by atoms with Gasteiger partial charge in [0.25, 0.3) is 0 Å². The zero-order chi connectivity index (χ0) is 20.2. The SMILES string of the molecule is C=c1nc(-c2ccccc2F)cc(-c2cccc3cnccc23)/c1=C/C=C\NO. The van der Waals surface area contributed by atoms with Gasteiger partial charge >= 0.3 is 0 Å². The minimum atomic E-state index is -0.339. The molecule has 0 amide bonds. The second-order valence-corrected chi connectivity index (χ2v) is 6.45. The smallest absolute Gasteiger partial charge is 0.132 e. The lowest BCUT2D eigenvalue weighted by Crippen LogP contribution is -2.29. The highest BCUT2D eigenvalue weighted by Gasteiger charge is 2.11. The molecule has 0 saturated carbocycles. The van der Waals surface area contributed by atoms with Crippen LogP contribution in [0.4, 0.5) is 4.39 Å². The maximum atomic E-state index is 14.4. The van der Waals surface area contributed by atoms with Crippen molar-refractivity contribution >= 4 is 23.4 Å². The van der Waals surface area contributed by atoms with Crippen molar-refractivity contribution in [1.82, 2.24) is 15.4 Å². The zero-order valence-corrected chi connectivity index (χ0v) is 15.5. The Morgan fingerprint density at radius 2 is 1.83 bits per heavy atom. The van der Waals surface area contributed by atoms with Gasteiger partial charge in [0.2, 0.25) is 0 Å². The minimum absolute atomic E-state index is 0.339. The van der Waals surface area contributed by atoms with Crippen molar-refractivity contribution in [2.24, 2.45) is 0 Å². The first-order valence-electron chi connectivity index (χ1n) is 9.03. The lowest BCUT2D eigenvalue weighted by molar-refractivity contribution is 0.214. The molecule has 0 spiro atoms. The van der Waals surface area contributed by atoms with E-state index in [1.165, 1.54) is 12.3 Å². The summed E-state index contributed by atoms with van der Waals surface area (Å²) in [6, 6.07) is 16.3. The van der Waals surface area contributed by atoms with Crippen molar-refractivity contribution in [2.45, 2.75) is 0 Å². The van der Waals surface area contributed by atoms with E-state index in [-0.39, 0.29) is 5.82 Å². The van der Waals surface area contributed by atoms with Gasteiger partial charge in [0.05, 0.1) is 11.0 Å². The van der Waals surface area contributed by atoms with E-state index in [2.05, 4.69) is 16.5 Å². The first-order valence-corrected chi connectivity index (χ1v) is 9.03.